The van der Waals surface area contributed by atoms with E-state index in [0.717, 1.165) is 17.9 Å². The van der Waals surface area contributed by atoms with E-state index in [2.05, 4.69) is 44.3 Å². The van der Waals surface area contributed by atoms with Gasteiger partial charge in [-0.05, 0) is 56.8 Å². The Labute approximate surface area is 220 Å². The zero-order chi connectivity index (χ0) is 27.7. The van der Waals surface area contributed by atoms with E-state index in [1.54, 1.807) is 24.5 Å². The molecule has 1 saturated heterocycles. The van der Waals surface area contributed by atoms with Crippen LogP contribution in [0, 0.1) is 18.8 Å². The molecular weight excluding hydrogens is 498 g/mol. The van der Waals surface area contributed by atoms with Gasteiger partial charge >= 0.3 is 6.18 Å². The highest BCUT2D eigenvalue weighted by Crippen LogP contribution is 2.28. The van der Waals surface area contributed by atoms with Gasteiger partial charge in [-0.15, -0.1) is 0 Å². The molecule has 4 rings (SSSR count). The van der Waals surface area contributed by atoms with Gasteiger partial charge < -0.3 is 25.3 Å². The maximum absolute atomic E-state index is 14.5. The minimum absolute atomic E-state index is 0.0455. The molecule has 2 atom stereocenters. The number of fused-ring (bicyclic) bond motifs is 1. The van der Waals surface area contributed by atoms with Crippen LogP contribution in [0.2, 0.25) is 0 Å². The van der Waals surface area contributed by atoms with Crippen LogP contribution in [0.3, 0.4) is 0 Å². The Morgan fingerprint density at radius 2 is 2.03 bits per heavy atom. The SMILES string of the molecule is C=CNC.Cc1ccc(NCC#Cc2nc3c(NC4CCN(C)CC4F)cccn3c2CC(F)(F)F)cn1. The summed E-state index contributed by atoms with van der Waals surface area (Å²) in [5.41, 5.74) is 2.43. The second kappa shape index (κ2) is 13.1. The van der Waals surface area contributed by atoms with Gasteiger partial charge in [-0.3, -0.25) is 4.98 Å². The lowest BCUT2D eigenvalue weighted by atomic mass is 10.0. The average Bonchev–Trinajstić information content (AvgIpc) is 3.21. The van der Waals surface area contributed by atoms with Gasteiger partial charge in [0.05, 0.1) is 42.3 Å². The Hall–Kier alpha value is -3.78. The van der Waals surface area contributed by atoms with E-state index in [1.165, 1.54) is 10.6 Å². The Bertz CT molecular complexity index is 1260. The van der Waals surface area contributed by atoms with Crippen LogP contribution in [0.4, 0.5) is 28.9 Å². The summed E-state index contributed by atoms with van der Waals surface area (Å²) in [5.74, 6) is 5.63. The van der Waals surface area contributed by atoms with Crippen LogP contribution in [0.25, 0.3) is 5.65 Å². The van der Waals surface area contributed by atoms with Crippen LogP contribution in [0.5, 0.6) is 0 Å². The molecule has 38 heavy (non-hydrogen) atoms. The second-order valence-electron chi connectivity index (χ2n) is 8.97. The van der Waals surface area contributed by atoms with Crippen LogP contribution in [-0.4, -0.2) is 71.4 Å². The lowest BCUT2D eigenvalue weighted by Crippen LogP contribution is -2.46. The number of hydrogen-bond acceptors (Lipinski definition) is 6. The fourth-order valence-electron chi connectivity index (χ4n) is 3.95. The third-order valence-corrected chi connectivity index (χ3v) is 5.91. The van der Waals surface area contributed by atoms with Crippen molar-refractivity contribution in [1.29, 1.82) is 0 Å². The fourth-order valence-corrected chi connectivity index (χ4v) is 3.95. The average molecular weight is 532 g/mol. The first kappa shape index (κ1) is 28.8. The number of anilines is 2. The molecule has 3 N–H and O–H groups in total. The molecule has 0 spiro atoms. The summed E-state index contributed by atoms with van der Waals surface area (Å²) in [5, 5.41) is 8.92. The molecule has 2 unspecified atom stereocenters. The van der Waals surface area contributed by atoms with E-state index in [4.69, 9.17) is 0 Å². The predicted octanol–water partition coefficient (Wildman–Crippen LogP) is 4.41. The normalized spacial score (nSPS) is 17.6. The molecule has 0 aromatic carbocycles. The number of halogens is 4. The van der Waals surface area contributed by atoms with Gasteiger partial charge in [-0.2, -0.15) is 13.2 Å². The van der Waals surface area contributed by atoms with Crippen molar-refractivity contribution in [3.8, 4) is 11.8 Å². The summed E-state index contributed by atoms with van der Waals surface area (Å²) in [7, 11) is 3.67. The van der Waals surface area contributed by atoms with Crippen molar-refractivity contribution in [3.63, 3.8) is 0 Å². The molecule has 1 fully saturated rings. The molecule has 3 aromatic rings. The number of likely N-dealkylation sites (tertiary alicyclic amines) is 1. The van der Waals surface area contributed by atoms with Crippen molar-refractivity contribution >= 4 is 17.0 Å². The molecule has 0 amide bonds. The highest BCUT2D eigenvalue weighted by atomic mass is 19.4. The monoisotopic (exact) mass is 531 g/mol. The van der Waals surface area contributed by atoms with Crippen molar-refractivity contribution < 1.29 is 17.6 Å². The van der Waals surface area contributed by atoms with E-state index in [-0.39, 0.29) is 17.9 Å². The van der Waals surface area contributed by atoms with Crippen LogP contribution in [-0.2, 0) is 6.42 Å². The minimum atomic E-state index is -4.43. The first-order chi connectivity index (χ1) is 18.1. The summed E-state index contributed by atoms with van der Waals surface area (Å²) >= 11 is 0. The van der Waals surface area contributed by atoms with Gasteiger partial charge in [0.25, 0.3) is 0 Å². The molecule has 11 heteroatoms. The summed E-state index contributed by atoms with van der Waals surface area (Å²) in [6.07, 6.45) is -1.30. The number of nitrogens with zero attached hydrogens (tertiary/aromatic N) is 4. The first-order valence-electron chi connectivity index (χ1n) is 12.2. The lowest BCUT2D eigenvalue weighted by molar-refractivity contribution is -0.128. The molecule has 4 heterocycles. The third-order valence-electron chi connectivity index (χ3n) is 5.91. The van der Waals surface area contributed by atoms with Crippen molar-refractivity contribution in [3.05, 3.63) is 66.5 Å². The van der Waals surface area contributed by atoms with Crippen LogP contribution < -0.4 is 16.0 Å². The Morgan fingerprint density at radius 1 is 1.26 bits per heavy atom. The number of alkyl halides is 4. The smallest absolute Gasteiger partial charge is 0.394 e. The number of piperidine rings is 1. The zero-order valence-corrected chi connectivity index (χ0v) is 21.7. The van der Waals surface area contributed by atoms with Crippen molar-refractivity contribution in [2.24, 2.45) is 0 Å². The molecule has 204 valence electrons. The second-order valence-corrected chi connectivity index (χ2v) is 8.97. The van der Waals surface area contributed by atoms with Gasteiger partial charge in [0.2, 0.25) is 0 Å². The molecule has 0 aliphatic carbocycles. The van der Waals surface area contributed by atoms with Crippen LogP contribution in [0.1, 0.15) is 23.5 Å². The summed E-state index contributed by atoms with van der Waals surface area (Å²) in [6, 6.07) is 6.59. The Balaban J connectivity index is 0.000000934. The fraction of sp³-hybridized carbons (Fsp3) is 0.407. The molecule has 7 nitrogen and oxygen atoms in total. The van der Waals surface area contributed by atoms with Gasteiger partial charge in [-0.1, -0.05) is 12.5 Å². The highest BCUT2D eigenvalue weighted by molar-refractivity contribution is 5.70. The van der Waals surface area contributed by atoms with Gasteiger partial charge in [0.15, 0.2) is 5.65 Å². The van der Waals surface area contributed by atoms with Gasteiger partial charge in [-0.25, -0.2) is 9.37 Å². The van der Waals surface area contributed by atoms with E-state index in [0.29, 0.717) is 24.3 Å². The number of imidazole rings is 1. The molecule has 1 aliphatic rings. The maximum Gasteiger partial charge on any atom is 0.394 e. The minimum Gasteiger partial charge on any atom is -0.394 e. The van der Waals surface area contributed by atoms with E-state index < -0.39 is 24.8 Å². The van der Waals surface area contributed by atoms with Crippen molar-refractivity contribution in [1.82, 2.24) is 24.6 Å². The zero-order valence-electron chi connectivity index (χ0n) is 21.7. The lowest BCUT2D eigenvalue weighted by Gasteiger charge is -2.33. The molecule has 3 aromatic heterocycles. The number of pyridine rings is 2. The van der Waals surface area contributed by atoms with E-state index in [1.807, 2.05) is 38.1 Å². The number of hydrogen-bond donors (Lipinski definition) is 3. The topological polar surface area (TPSA) is 69.5 Å². The number of rotatable bonds is 6. The molecule has 0 bridgehead atoms. The Kier molecular flexibility index (Phi) is 9.96. The summed E-state index contributed by atoms with van der Waals surface area (Å²) in [6.45, 7) is 6.49. The number of nitrogens with one attached hydrogen (secondary N) is 3. The third kappa shape index (κ3) is 8.11. The first-order valence-corrected chi connectivity index (χ1v) is 12.2. The standard InChI is InChI=1S/C24H26F4N6.C3H7N/c1-16-7-8-17(14-30-16)29-10-3-5-20-22(13-24(26,27)28)34-11-4-6-21(23(34)32-20)31-19-9-12-33(2)15-18(19)25;1-3-4-2/h4,6-8,11,14,18-19,29,31H,9-10,12-13,15H2,1-2H3;3-4H,1H2,2H3. The molecule has 0 saturated carbocycles. The summed E-state index contributed by atoms with van der Waals surface area (Å²) in [4.78, 5) is 10.5. The summed E-state index contributed by atoms with van der Waals surface area (Å²) < 4.78 is 56.0. The number of aryl methyl sites for hydroxylation is 1. The highest BCUT2D eigenvalue weighted by Gasteiger charge is 2.32. The quantitative estimate of drug-likeness (QED) is 0.324. The van der Waals surface area contributed by atoms with E-state index in [9.17, 15) is 17.6 Å². The predicted molar refractivity (Wildman–Crippen MR) is 143 cm³/mol. The molecule has 1 aliphatic heterocycles. The Morgan fingerprint density at radius 3 is 2.66 bits per heavy atom. The van der Waals surface area contributed by atoms with Crippen LogP contribution in [0.15, 0.2) is 49.4 Å². The number of aromatic nitrogens is 3. The van der Waals surface area contributed by atoms with Gasteiger partial charge in [0.1, 0.15) is 11.9 Å². The van der Waals surface area contributed by atoms with E-state index >= 15 is 0 Å². The maximum atomic E-state index is 14.5. The van der Waals surface area contributed by atoms with Gasteiger partial charge in [0, 0.05) is 32.0 Å². The largest absolute Gasteiger partial charge is 0.394 e. The van der Waals surface area contributed by atoms with Crippen molar-refractivity contribution in [2.45, 2.75) is 38.2 Å². The van der Waals surface area contributed by atoms with Crippen molar-refractivity contribution in [2.75, 3.05) is 44.4 Å². The molecule has 0 radical (unpaired) electrons. The molecular formula is C27H33F4N7. The van der Waals surface area contributed by atoms with Crippen LogP contribution >= 0.6 is 0 Å².